The highest BCUT2D eigenvalue weighted by molar-refractivity contribution is 5.83. The molecular weight excluding hydrogens is 268 g/mol. The van der Waals surface area contributed by atoms with Crippen molar-refractivity contribution >= 4 is 17.8 Å². The molecule has 2 atom stereocenters. The second kappa shape index (κ2) is 8.49. The Hall–Kier alpha value is -1.67. The third-order valence-corrected chi connectivity index (χ3v) is 2.87. The first-order valence-electron chi connectivity index (χ1n) is 6.46. The summed E-state index contributed by atoms with van der Waals surface area (Å²) in [5.74, 6) is -1.62. The van der Waals surface area contributed by atoms with Gasteiger partial charge in [0.15, 0.2) is 6.10 Å². The maximum atomic E-state index is 11.7. The van der Waals surface area contributed by atoms with Crippen molar-refractivity contribution in [2.45, 2.75) is 31.5 Å². The quantitative estimate of drug-likeness (QED) is 0.488. The van der Waals surface area contributed by atoms with Gasteiger partial charge in [-0.2, -0.15) is 0 Å². The van der Waals surface area contributed by atoms with E-state index in [1.54, 1.807) is 7.11 Å². The summed E-state index contributed by atoms with van der Waals surface area (Å²) >= 11 is 0. The van der Waals surface area contributed by atoms with E-state index in [1.165, 1.54) is 0 Å². The third kappa shape index (κ3) is 5.54. The number of hydrogen-bond donors (Lipinski definition) is 3. The highest BCUT2D eigenvalue weighted by Gasteiger charge is 2.34. The fraction of sp³-hybridized carbons (Fsp3) is 0.750. The van der Waals surface area contributed by atoms with Gasteiger partial charge >= 0.3 is 5.97 Å². The number of carbonyl (C=O) groups is 3. The standard InChI is InChI=1S/C12H20N2O6/c1-19-7-6-13-10(15)4-5-14-11(16)8-2-3-9(20-8)12(17)18/h8-9H,2-7H2,1H3,(H,13,15)(H,14,16)(H,17,18)/t8-,9+/m0/s1. The molecule has 1 saturated heterocycles. The van der Waals surface area contributed by atoms with Crippen LogP contribution in [0.5, 0.6) is 0 Å². The van der Waals surface area contributed by atoms with E-state index >= 15 is 0 Å². The number of amides is 2. The van der Waals surface area contributed by atoms with E-state index in [0.717, 1.165) is 0 Å². The first-order chi connectivity index (χ1) is 9.54. The average Bonchev–Trinajstić information content (AvgIpc) is 2.88. The van der Waals surface area contributed by atoms with Gasteiger partial charge in [-0.25, -0.2) is 4.79 Å². The zero-order valence-corrected chi connectivity index (χ0v) is 11.4. The summed E-state index contributed by atoms with van der Waals surface area (Å²) in [6.45, 7) is 1.05. The number of ether oxygens (including phenoxy) is 2. The number of rotatable bonds is 8. The molecule has 8 heteroatoms. The second-order valence-corrected chi connectivity index (χ2v) is 4.41. The summed E-state index contributed by atoms with van der Waals surface area (Å²) in [5.41, 5.74) is 0. The minimum absolute atomic E-state index is 0.157. The highest BCUT2D eigenvalue weighted by atomic mass is 16.5. The van der Waals surface area contributed by atoms with Crippen LogP contribution >= 0.6 is 0 Å². The molecule has 0 spiro atoms. The van der Waals surface area contributed by atoms with Gasteiger partial charge < -0.3 is 25.2 Å². The first-order valence-corrected chi connectivity index (χ1v) is 6.46. The Morgan fingerprint density at radius 3 is 2.50 bits per heavy atom. The molecule has 1 rings (SSSR count). The maximum absolute atomic E-state index is 11.7. The largest absolute Gasteiger partial charge is 0.479 e. The molecule has 114 valence electrons. The van der Waals surface area contributed by atoms with Crippen molar-refractivity contribution in [2.24, 2.45) is 0 Å². The van der Waals surface area contributed by atoms with Gasteiger partial charge in [0.25, 0.3) is 0 Å². The van der Waals surface area contributed by atoms with Crippen molar-refractivity contribution in [3.05, 3.63) is 0 Å². The minimum Gasteiger partial charge on any atom is -0.479 e. The monoisotopic (exact) mass is 288 g/mol. The van der Waals surface area contributed by atoms with E-state index in [2.05, 4.69) is 10.6 Å². The van der Waals surface area contributed by atoms with Crippen molar-refractivity contribution in [3.63, 3.8) is 0 Å². The van der Waals surface area contributed by atoms with Gasteiger partial charge in [-0.1, -0.05) is 0 Å². The maximum Gasteiger partial charge on any atom is 0.332 e. The van der Waals surface area contributed by atoms with Gasteiger partial charge in [-0.3, -0.25) is 9.59 Å². The van der Waals surface area contributed by atoms with Gasteiger partial charge in [-0.05, 0) is 12.8 Å². The summed E-state index contributed by atoms with van der Waals surface area (Å²) in [5, 5.41) is 13.9. The molecule has 0 bridgehead atoms. The number of carboxylic acids is 1. The zero-order valence-electron chi connectivity index (χ0n) is 11.4. The molecule has 1 aliphatic heterocycles. The summed E-state index contributed by atoms with van der Waals surface area (Å²) in [4.78, 5) is 33.7. The highest BCUT2D eigenvalue weighted by Crippen LogP contribution is 2.19. The van der Waals surface area contributed by atoms with E-state index in [4.69, 9.17) is 14.6 Å². The lowest BCUT2D eigenvalue weighted by Crippen LogP contribution is -2.38. The Kier molecular flexibility index (Phi) is 6.96. The van der Waals surface area contributed by atoms with Crippen molar-refractivity contribution in [3.8, 4) is 0 Å². The number of methoxy groups -OCH3 is 1. The smallest absolute Gasteiger partial charge is 0.332 e. The molecule has 3 N–H and O–H groups in total. The SMILES string of the molecule is COCCNC(=O)CCNC(=O)[C@@H]1CC[C@H](C(=O)O)O1. The zero-order chi connectivity index (χ0) is 15.0. The average molecular weight is 288 g/mol. The van der Waals surface area contributed by atoms with Crippen molar-refractivity contribution in [1.29, 1.82) is 0 Å². The molecule has 1 fully saturated rings. The van der Waals surface area contributed by atoms with Crippen LogP contribution in [0, 0.1) is 0 Å². The van der Waals surface area contributed by atoms with Gasteiger partial charge in [0.2, 0.25) is 11.8 Å². The fourth-order valence-corrected chi connectivity index (χ4v) is 1.81. The van der Waals surface area contributed by atoms with Crippen LogP contribution in [0.4, 0.5) is 0 Å². The number of carboxylic acid groups (broad SMARTS) is 1. The van der Waals surface area contributed by atoms with Crippen LogP contribution in [-0.4, -0.2) is 61.9 Å². The summed E-state index contributed by atoms with van der Waals surface area (Å²) in [7, 11) is 1.54. The third-order valence-electron chi connectivity index (χ3n) is 2.87. The summed E-state index contributed by atoms with van der Waals surface area (Å²) in [6, 6.07) is 0. The van der Waals surface area contributed by atoms with Crippen molar-refractivity contribution in [2.75, 3.05) is 26.8 Å². The molecular formula is C12H20N2O6. The van der Waals surface area contributed by atoms with Gasteiger partial charge in [-0.15, -0.1) is 0 Å². The predicted molar refractivity (Wildman–Crippen MR) is 68.0 cm³/mol. The number of hydrogen-bond acceptors (Lipinski definition) is 5. The van der Waals surface area contributed by atoms with Crippen LogP contribution in [0.3, 0.4) is 0 Å². The predicted octanol–water partition coefficient (Wildman–Crippen LogP) is -1.11. The molecule has 2 amide bonds. The molecule has 0 unspecified atom stereocenters. The summed E-state index contributed by atoms with van der Waals surface area (Å²) in [6.07, 6.45) is -0.797. The molecule has 0 radical (unpaired) electrons. The van der Waals surface area contributed by atoms with Crippen LogP contribution in [0.2, 0.25) is 0 Å². The van der Waals surface area contributed by atoms with Crippen molar-refractivity contribution in [1.82, 2.24) is 10.6 Å². The van der Waals surface area contributed by atoms with E-state index in [-0.39, 0.29) is 24.8 Å². The molecule has 0 saturated carbocycles. The molecule has 1 heterocycles. The lowest BCUT2D eigenvalue weighted by atomic mass is 10.2. The molecule has 20 heavy (non-hydrogen) atoms. The van der Waals surface area contributed by atoms with Gasteiger partial charge in [0, 0.05) is 26.6 Å². The fourth-order valence-electron chi connectivity index (χ4n) is 1.81. The Morgan fingerprint density at radius 2 is 1.90 bits per heavy atom. The number of carbonyl (C=O) groups excluding carboxylic acids is 2. The second-order valence-electron chi connectivity index (χ2n) is 4.41. The molecule has 0 aromatic rings. The molecule has 0 aliphatic carbocycles. The normalized spacial score (nSPS) is 21.4. The molecule has 0 aromatic carbocycles. The minimum atomic E-state index is -1.06. The topological polar surface area (TPSA) is 114 Å². The number of aliphatic carboxylic acids is 1. The Balaban J connectivity index is 2.14. The van der Waals surface area contributed by atoms with Crippen LogP contribution in [0.25, 0.3) is 0 Å². The molecule has 1 aliphatic rings. The molecule has 0 aromatic heterocycles. The summed E-state index contributed by atoms with van der Waals surface area (Å²) < 4.78 is 9.88. The van der Waals surface area contributed by atoms with Crippen LogP contribution in [-0.2, 0) is 23.9 Å². The molecule has 8 nitrogen and oxygen atoms in total. The lowest BCUT2D eigenvalue weighted by Gasteiger charge is -2.11. The van der Waals surface area contributed by atoms with Crippen LogP contribution in [0.1, 0.15) is 19.3 Å². The Labute approximate surface area is 116 Å². The van der Waals surface area contributed by atoms with Gasteiger partial charge in [0.1, 0.15) is 6.10 Å². The Bertz CT molecular complexity index is 360. The lowest BCUT2D eigenvalue weighted by molar-refractivity contribution is -0.151. The van der Waals surface area contributed by atoms with E-state index in [9.17, 15) is 14.4 Å². The first kappa shape index (κ1) is 16.4. The van der Waals surface area contributed by atoms with Crippen molar-refractivity contribution < 1.29 is 29.0 Å². The van der Waals surface area contributed by atoms with Crippen LogP contribution in [0.15, 0.2) is 0 Å². The number of nitrogens with one attached hydrogen (secondary N) is 2. The van der Waals surface area contributed by atoms with E-state index in [0.29, 0.717) is 26.0 Å². The van der Waals surface area contributed by atoms with Gasteiger partial charge in [0.05, 0.1) is 6.61 Å². The van der Waals surface area contributed by atoms with E-state index in [1.807, 2.05) is 0 Å². The Morgan fingerprint density at radius 1 is 1.20 bits per heavy atom. The van der Waals surface area contributed by atoms with E-state index < -0.39 is 18.2 Å². The van der Waals surface area contributed by atoms with Crippen LogP contribution < -0.4 is 10.6 Å².